The van der Waals surface area contributed by atoms with E-state index in [2.05, 4.69) is 36.5 Å². The molecule has 0 atom stereocenters. The lowest BCUT2D eigenvalue weighted by Crippen LogP contribution is -2.10. The van der Waals surface area contributed by atoms with Gasteiger partial charge in [0.05, 0.1) is 0 Å². The first kappa shape index (κ1) is 28.4. The topological polar surface area (TPSA) is 29.1 Å². The van der Waals surface area contributed by atoms with Crippen molar-refractivity contribution in [3.05, 3.63) is 42.5 Å². The summed E-state index contributed by atoms with van der Waals surface area (Å²) in [6.07, 6.45) is 26.8. The molecule has 0 saturated heterocycles. The summed E-state index contributed by atoms with van der Waals surface area (Å²) in [5.41, 5.74) is 0.904. The van der Waals surface area contributed by atoms with Gasteiger partial charge in [-0.15, -0.1) is 0 Å². The molecule has 0 fully saturated rings. The second-order valence-corrected chi connectivity index (χ2v) is 10.2. The van der Waals surface area contributed by atoms with Crippen molar-refractivity contribution < 1.29 is 4.79 Å². The Morgan fingerprint density at radius 1 is 0.559 bits per heavy atom. The number of hydrogen-bond donors (Lipinski definition) is 1. The van der Waals surface area contributed by atoms with E-state index in [1.54, 1.807) is 0 Å². The monoisotopic (exact) mass is 465 g/mol. The van der Waals surface area contributed by atoms with E-state index in [1.165, 1.54) is 126 Å². The molecule has 0 aliphatic heterocycles. The minimum atomic E-state index is 0.141. The standard InChI is InChI=1S/C32H51NO/c1-2-3-4-5-6-7-8-9-10-11-12-13-14-15-16-17-18-19-20-25-32(34)33-31-27-26-29-23-21-22-24-30(29)28-31/h21-24,26-28H,2-20,25H2,1H3,(H,33,34). The first-order valence-corrected chi connectivity index (χ1v) is 14.6. The molecule has 2 rings (SSSR count). The fourth-order valence-electron chi connectivity index (χ4n) is 4.85. The summed E-state index contributed by atoms with van der Waals surface area (Å²) in [5, 5.41) is 5.43. The Kier molecular flexibility index (Phi) is 16.3. The summed E-state index contributed by atoms with van der Waals surface area (Å²) < 4.78 is 0. The van der Waals surface area contributed by atoms with Crippen LogP contribution in [-0.4, -0.2) is 5.91 Å². The molecule has 2 nitrogen and oxygen atoms in total. The van der Waals surface area contributed by atoms with Crippen molar-refractivity contribution in [2.45, 2.75) is 135 Å². The van der Waals surface area contributed by atoms with E-state index in [0.29, 0.717) is 6.42 Å². The van der Waals surface area contributed by atoms with Crippen LogP contribution in [0.5, 0.6) is 0 Å². The van der Waals surface area contributed by atoms with Crippen LogP contribution >= 0.6 is 0 Å². The summed E-state index contributed by atoms with van der Waals surface area (Å²) in [6.45, 7) is 2.29. The number of benzene rings is 2. The average molecular weight is 466 g/mol. The molecule has 2 heteroatoms. The molecule has 0 saturated carbocycles. The van der Waals surface area contributed by atoms with Gasteiger partial charge < -0.3 is 5.32 Å². The molecule has 2 aromatic carbocycles. The van der Waals surface area contributed by atoms with Gasteiger partial charge in [-0.3, -0.25) is 4.79 Å². The molecule has 2 aromatic rings. The third-order valence-electron chi connectivity index (χ3n) is 7.04. The highest BCUT2D eigenvalue weighted by molar-refractivity contribution is 5.94. The smallest absolute Gasteiger partial charge is 0.224 e. The molecular weight excluding hydrogens is 414 g/mol. The van der Waals surface area contributed by atoms with Crippen molar-refractivity contribution in [3.8, 4) is 0 Å². The minimum absolute atomic E-state index is 0.141. The molecule has 0 aliphatic rings. The molecule has 0 radical (unpaired) electrons. The number of carbonyl (C=O) groups excluding carboxylic acids is 1. The highest BCUT2D eigenvalue weighted by Gasteiger charge is 2.03. The second-order valence-electron chi connectivity index (χ2n) is 10.2. The number of fused-ring (bicyclic) bond motifs is 1. The predicted octanol–water partition coefficient (Wildman–Crippen LogP) is 10.6. The fourth-order valence-corrected chi connectivity index (χ4v) is 4.85. The van der Waals surface area contributed by atoms with Crippen molar-refractivity contribution in [2.75, 3.05) is 5.32 Å². The van der Waals surface area contributed by atoms with E-state index < -0.39 is 0 Å². The minimum Gasteiger partial charge on any atom is -0.326 e. The number of nitrogens with one attached hydrogen (secondary N) is 1. The van der Waals surface area contributed by atoms with Gasteiger partial charge in [-0.25, -0.2) is 0 Å². The van der Waals surface area contributed by atoms with E-state index >= 15 is 0 Å². The summed E-state index contributed by atoms with van der Waals surface area (Å²) in [6, 6.07) is 14.4. The van der Waals surface area contributed by atoms with Gasteiger partial charge in [0.25, 0.3) is 0 Å². The molecule has 1 amide bonds. The predicted molar refractivity (Wildman–Crippen MR) is 151 cm³/mol. The van der Waals surface area contributed by atoms with Gasteiger partial charge in [0, 0.05) is 12.1 Å². The summed E-state index contributed by atoms with van der Waals surface area (Å²) in [4.78, 5) is 12.2. The van der Waals surface area contributed by atoms with Crippen molar-refractivity contribution in [2.24, 2.45) is 0 Å². The number of amides is 1. The van der Waals surface area contributed by atoms with Crippen LogP contribution < -0.4 is 5.32 Å². The molecule has 0 aliphatic carbocycles. The van der Waals surface area contributed by atoms with Crippen LogP contribution in [0.1, 0.15) is 135 Å². The molecule has 190 valence electrons. The van der Waals surface area contributed by atoms with Gasteiger partial charge >= 0.3 is 0 Å². The van der Waals surface area contributed by atoms with Gasteiger partial charge in [0.2, 0.25) is 5.91 Å². The van der Waals surface area contributed by atoms with E-state index in [9.17, 15) is 4.79 Å². The van der Waals surface area contributed by atoms with Gasteiger partial charge in [0.15, 0.2) is 0 Å². The third kappa shape index (κ3) is 13.8. The zero-order valence-corrected chi connectivity index (χ0v) is 22.1. The highest BCUT2D eigenvalue weighted by atomic mass is 16.1. The van der Waals surface area contributed by atoms with Crippen LogP contribution in [0.15, 0.2) is 42.5 Å². The second kappa shape index (κ2) is 19.5. The van der Waals surface area contributed by atoms with Crippen molar-refractivity contribution in [1.82, 2.24) is 0 Å². The van der Waals surface area contributed by atoms with Gasteiger partial charge in [0.1, 0.15) is 0 Å². The molecule has 0 unspecified atom stereocenters. The summed E-state index contributed by atoms with van der Waals surface area (Å²) in [7, 11) is 0. The molecule has 1 N–H and O–H groups in total. The maximum atomic E-state index is 12.2. The normalized spacial score (nSPS) is 11.2. The third-order valence-corrected chi connectivity index (χ3v) is 7.04. The Bertz CT molecular complexity index is 768. The Labute approximate surface area is 210 Å². The van der Waals surface area contributed by atoms with E-state index in [-0.39, 0.29) is 5.91 Å². The molecule has 0 spiro atoms. The van der Waals surface area contributed by atoms with Crippen molar-refractivity contribution in [1.29, 1.82) is 0 Å². The summed E-state index contributed by atoms with van der Waals surface area (Å²) >= 11 is 0. The first-order chi connectivity index (χ1) is 16.8. The number of anilines is 1. The average Bonchev–Trinajstić information content (AvgIpc) is 2.85. The van der Waals surface area contributed by atoms with Crippen LogP contribution in [0, 0.1) is 0 Å². The van der Waals surface area contributed by atoms with E-state index in [1.807, 2.05) is 18.2 Å². The fraction of sp³-hybridized carbons (Fsp3) is 0.656. The largest absolute Gasteiger partial charge is 0.326 e. The van der Waals surface area contributed by atoms with Gasteiger partial charge in [-0.05, 0) is 29.3 Å². The first-order valence-electron chi connectivity index (χ1n) is 14.6. The van der Waals surface area contributed by atoms with Crippen LogP contribution in [0.25, 0.3) is 10.8 Å². The Hall–Kier alpha value is -1.83. The lowest BCUT2D eigenvalue weighted by atomic mass is 10.0. The SMILES string of the molecule is CCCCCCCCCCCCCCCCCCCCCC(=O)Nc1ccc2ccccc2c1. The van der Waals surface area contributed by atoms with Gasteiger partial charge in [-0.1, -0.05) is 153 Å². The molecule has 0 bridgehead atoms. The van der Waals surface area contributed by atoms with Crippen LogP contribution in [0.2, 0.25) is 0 Å². The number of carbonyl (C=O) groups is 1. The van der Waals surface area contributed by atoms with E-state index in [0.717, 1.165) is 12.1 Å². The van der Waals surface area contributed by atoms with Crippen LogP contribution in [-0.2, 0) is 4.79 Å². The van der Waals surface area contributed by atoms with Gasteiger partial charge in [-0.2, -0.15) is 0 Å². The Morgan fingerprint density at radius 3 is 1.50 bits per heavy atom. The Morgan fingerprint density at radius 2 is 1.00 bits per heavy atom. The van der Waals surface area contributed by atoms with Crippen molar-refractivity contribution >= 4 is 22.4 Å². The zero-order chi connectivity index (χ0) is 24.1. The maximum Gasteiger partial charge on any atom is 0.224 e. The van der Waals surface area contributed by atoms with Crippen LogP contribution in [0.4, 0.5) is 5.69 Å². The number of unbranched alkanes of at least 4 members (excludes halogenated alkanes) is 18. The number of hydrogen-bond acceptors (Lipinski definition) is 1. The van der Waals surface area contributed by atoms with Crippen molar-refractivity contribution in [3.63, 3.8) is 0 Å². The molecule has 0 aromatic heterocycles. The van der Waals surface area contributed by atoms with E-state index in [4.69, 9.17) is 0 Å². The number of rotatable bonds is 21. The molecule has 34 heavy (non-hydrogen) atoms. The quantitative estimate of drug-likeness (QED) is 0.182. The molecule has 0 heterocycles. The lowest BCUT2D eigenvalue weighted by Gasteiger charge is -2.07. The molecular formula is C32H51NO. The Balaban J connectivity index is 1.31. The maximum absolute atomic E-state index is 12.2. The lowest BCUT2D eigenvalue weighted by molar-refractivity contribution is -0.116. The summed E-state index contributed by atoms with van der Waals surface area (Å²) in [5.74, 6) is 0.141. The highest BCUT2D eigenvalue weighted by Crippen LogP contribution is 2.19. The van der Waals surface area contributed by atoms with Crippen LogP contribution in [0.3, 0.4) is 0 Å². The zero-order valence-electron chi connectivity index (χ0n) is 22.1.